The number of likely N-dealkylation sites (tertiary alicyclic amines) is 1. The van der Waals surface area contributed by atoms with Gasteiger partial charge in [-0.2, -0.15) is 0 Å². The second-order valence-corrected chi connectivity index (χ2v) is 10.0. The number of nitrogens with zero attached hydrogens (tertiary/aromatic N) is 1. The zero-order valence-corrected chi connectivity index (χ0v) is 22.5. The van der Waals surface area contributed by atoms with Gasteiger partial charge in [-0.1, -0.05) is 18.2 Å². The Bertz CT molecular complexity index is 1090. The Morgan fingerprint density at radius 2 is 1.97 bits per heavy atom. The minimum absolute atomic E-state index is 0.0277. The van der Waals surface area contributed by atoms with Crippen LogP contribution in [0.5, 0.6) is 0 Å². The Balaban J connectivity index is 1.99. The average molecular weight is 532 g/mol. The second-order valence-electron chi connectivity index (χ2n) is 10.0. The molecule has 7 nitrogen and oxygen atoms in total. The minimum Gasteiger partial charge on any atom is -0.453 e. The van der Waals surface area contributed by atoms with E-state index in [1.54, 1.807) is 30.0 Å². The van der Waals surface area contributed by atoms with Crippen LogP contribution in [0.15, 0.2) is 36.4 Å². The number of benzene rings is 2. The Hall–Kier alpha value is -3.04. The molecule has 0 bridgehead atoms. The number of nitrogens with one attached hydrogen (secondary N) is 2. The van der Waals surface area contributed by atoms with Crippen molar-refractivity contribution in [1.82, 2.24) is 15.5 Å². The molecule has 0 aromatic heterocycles. The van der Waals surface area contributed by atoms with Crippen molar-refractivity contribution >= 4 is 12.0 Å². The highest BCUT2D eigenvalue weighted by Crippen LogP contribution is 2.44. The van der Waals surface area contributed by atoms with Crippen molar-refractivity contribution in [1.29, 1.82) is 0 Å². The molecule has 0 saturated carbocycles. The van der Waals surface area contributed by atoms with E-state index in [4.69, 9.17) is 0 Å². The first-order valence-corrected chi connectivity index (χ1v) is 13.2. The average Bonchev–Trinajstić information content (AvgIpc) is 2.90. The van der Waals surface area contributed by atoms with Crippen molar-refractivity contribution in [2.24, 2.45) is 5.92 Å². The second kappa shape index (κ2) is 13.7. The molecule has 2 aromatic rings. The van der Waals surface area contributed by atoms with Crippen LogP contribution in [0.1, 0.15) is 49.7 Å². The third-order valence-electron chi connectivity index (χ3n) is 7.27. The van der Waals surface area contributed by atoms with Crippen LogP contribution < -0.4 is 10.6 Å². The molecule has 0 unspecified atom stereocenters. The Labute approximate surface area is 223 Å². The van der Waals surface area contributed by atoms with E-state index in [9.17, 15) is 19.1 Å². The molecule has 2 aromatic carbocycles. The van der Waals surface area contributed by atoms with Crippen molar-refractivity contribution in [3.8, 4) is 11.1 Å². The van der Waals surface area contributed by atoms with Crippen LogP contribution in [0.4, 0.5) is 13.6 Å². The number of hydrogen-bond acceptors (Lipinski definition) is 5. The molecule has 1 aliphatic heterocycles. The number of ether oxygens (including phenoxy) is 1. The fourth-order valence-electron chi connectivity index (χ4n) is 5.41. The highest BCUT2D eigenvalue weighted by molar-refractivity contribution is 5.76. The molecule has 0 spiro atoms. The lowest BCUT2D eigenvalue weighted by Gasteiger charge is -2.43. The van der Waals surface area contributed by atoms with Crippen LogP contribution >= 0.6 is 0 Å². The van der Waals surface area contributed by atoms with Gasteiger partial charge in [0, 0.05) is 37.5 Å². The summed E-state index contributed by atoms with van der Waals surface area (Å²) >= 11 is 0. The number of alkyl carbamates (subject to hydrolysis) is 1. The van der Waals surface area contributed by atoms with Gasteiger partial charge in [0.25, 0.3) is 0 Å². The fraction of sp³-hybridized carbons (Fsp3) is 0.517. The van der Waals surface area contributed by atoms with E-state index in [0.717, 1.165) is 6.54 Å². The molecule has 1 saturated heterocycles. The standard InChI is InChI=1S/C29H39F2N3O4/c1-20-16-21(18-23(30)17-20)27-24(9-4-10-25(27)31)29(37,12-7-14-33-28(36)38-3)22-8-6-15-34(19-22)26(35)11-5-13-32-2/h4,9-10,16-18,22,32,37H,5-8,11-15,19H2,1-3H3,(H,33,36)/t22-,29+/m1/s1. The topological polar surface area (TPSA) is 90.9 Å². The quantitative estimate of drug-likeness (QED) is 0.372. The van der Waals surface area contributed by atoms with Crippen LogP contribution in [0.2, 0.25) is 0 Å². The van der Waals surface area contributed by atoms with E-state index < -0.39 is 23.3 Å². The van der Waals surface area contributed by atoms with E-state index in [1.165, 1.54) is 25.3 Å². The lowest BCUT2D eigenvalue weighted by Crippen LogP contribution is -2.48. The third-order valence-corrected chi connectivity index (χ3v) is 7.27. The van der Waals surface area contributed by atoms with E-state index in [1.807, 2.05) is 7.05 Å². The Morgan fingerprint density at radius 1 is 1.18 bits per heavy atom. The number of piperidine rings is 1. The van der Waals surface area contributed by atoms with Gasteiger partial charge in [-0.15, -0.1) is 0 Å². The highest BCUT2D eigenvalue weighted by Gasteiger charge is 2.43. The number of aliphatic hydroxyl groups is 1. The summed E-state index contributed by atoms with van der Waals surface area (Å²) in [6.45, 7) is 3.65. The fourth-order valence-corrected chi connectivity index (χ4v) is 5.41. The molecule has 0 aliphatic carbocycles. The lowest BCUT2D eigenvalue weighted by atomic mass is 9.72. The van der Waals surface area contributed by atoms with Gasteiger partial charge in [-0.05, 0) is 87.5 Å². The van der Waals surface area contributed by atoms with Crippen LogP contribution in [0.25, 0.3) is 11.1 Å². The molecule has 3 rings (SSSR count). The minimum atomic E-state index is -1.53. The normalized spacial score (nSPS) is 17.1. The zero-order chi connectivity index (χ0) is 27.7. The van der Waals surface area contributed by atoms with Gasteiger partial charge in [-0.25, -0.2) is 13.6 Å². The summed E-state index contributed by atoms with van der Waals surface area (Å²) in [4.78, 5) is 26.3. The molecule has 38 heavy (non-hydrogen) atoms. The first-order valence-electron chi connectivity index (χ1n) is 13.2. The van der Waals surface area contributed by atoms with Crippen LogP contribution in [-0.4, -0.2) is 62.3 Å². The molecule has 1 heterocycles. The van der Waals surface area contributed by atoms with Gasteiger partial charge >= 0.3 is 6.09 Å². The smallest absolute Gasteiger partial charge is 0.406 e. The predicted octanol–water partition coefficient (Wildman–Crippen LogP) is 4.50. The summed E-state index contributed by atoms with van der Waals surface area (Å²) in [6, 6.07) is 8.86. The van der Waals surface area contributed by atoms with Gasteiger partial charge < -0.3 is 25.4 Å². The molecule has 2 atom stereocenters. The van der Waals surface area contributed by atoms with E-state index >= 15 is 4.39 Å². The summed E-state index contributed by atoms with van der Waals surface area (Å²) < 4.78 is 34.4. The van der Waals surface area contributed by atoms with Crippen LogP contribution in [-0.2, 0) is 15.1 Å². The number of methoxy groups -OCH3 is 1. The van der Waals surface area contributed by atoms with Gasteiger partial charge in [0.15, 0.2) is 0 Å². The lowest BCUT2D eigenvalue weighted by molar-refractivity contribution is -0.136. The van der Waals surface area contributed by atoms with Crippen LogP contribution in [0, 0.1) is 24.5 Å². The van der Waals surface area contributed by atoms with E-state index in [-0.39, 0.29) is 30.4 Å². The van der Waals surface area contributed by atoms with Crippen molar-refractivity contribution in [3.63, 3.8) is 0 Å². The number of amides is 2. The van der Waals surface area contributed by atoms with Crippen molar-refractivity contribution < 1.29 is 28.2 Å². The summed E-state index contributed by atoms with van der Waals surface area (Å²) in [5, 5.41) is 18.1. The molecule has 9 heteroatoms. The molecule has 1 aliphatic rings. The molecule has 3 N–H and O–H groups in total. The molecule has 0 radical (unpaired) electrons. The van der Waals surface area contributed by atoms with Gasteiger partial charge in [-0.3, -0.25) is 4.79 Å². The summed E-state index contributed by atoms with van der Waals surface area (Å²) in [7, 11) is 3.11. The number of rotatable bonds is 11. The molecule has 2 amide bonds. The molecular weight excluding hydrogens is 492 g/mol. The predicted molar refractivity (Wildman–Crippen MR) is 143 cm³/mol. The number of aryl methyl sites for hydroxylation is 1. The largest absolute Gasteiger partial charge is 0.453 e. The maximum absolute atomic E-state index is 15.4. The number of carbonyl (C=O) groups excluding carboxylic acids is 2. The first kappa shape index (κ1) is 29.5. The molecule has 208 valence electrons. The Kier molecular flexibility index (Phi) is 10.6. The highest BCUT2D eigenvalue weighted by atomic mass is 19.1. The van der Waals surface area contributed by atoms with E-state index in [0.29, 0.717) is 61.9 Å². The molecule has 1 fully saturated rings. The Morgan fingerprint density at radius 3 is 2.68 bits per heavy atom. The van der Waals surface area contributed by atoms with E-state index in [2.05, 4.69) is 15.4 Å². The summed E-state index contributed by atoms with van der Waals surface area (Å²) in [6.07, 6.45) is 2.47. The van der Waals surface area contributed by atoms with Crippen molar-refractivity contribution in [2.45, 2.75) is 51.0 Å². The molecular formula is C29H39F2N3O4. The van der Waals surface area contributed by atoms with Gasteiger partial charge in [0.05, 0.1) is 12.7 Å². The number of carbonyl (C=O) groups is 2. The van der Waals surface area contributed by atoms with Gasteiger partial charge in [0.1, 0.15) is 11.6 Å². The van der Waals surface area contributed by atoms with Gasteiger partial charge in [0.2, 0.25) is 5.91 Å². The van der Waals surface area contributed by atoms with Crippen molar-refractivity contribution in [3.05, 3.63) is 59.2 Å². The first-order chi connectivity index (χ1) is 18.2. The SMILES string of the molecule is CNCCCC(=O)N1CCC[C@@H]([C@@](O)(CCCNC(=O)OC)c2cccc(F)c2-c2cc(C)cc(F)c2)C1. The zero-order valence-electron chi connectivity index (χ0n) is 22.5. The monoisotopic (exact) mass is 531 g/mol. The van der Waals surface area contributed by atoms with Crippen molar-refractivity contribution in [2.75, 3.05) is 40.3 Å². The third kappa shape index (κ3) is 7.29. The summed E-state index contributed by atoms with van der Waals surface area (Å²) in [5.41, 5.74) is -0.0427. The summed E-state index contributed by atoms with van der Waals surface area (Å²) in [5.74, 6) is -1.40. The number of halogens is 2. The number of hydrogen-bond donors (Lipinski definition) is 3. The van der Waals surface area contributed by atoms with Crippen LogP contribution in [0.3, 0.4) is 0 Å². The maximum atomic E-state index is 15.4. The maximum Gasteiger partial charge on any atom is 0.406 e.